The van der Waals surface area contributed by atoms with Gasteiger partial charge < -0.3 is 30.0 Å². The van der Waals surface area contributed by atoms with Crippen molar-refractivity contribution in [3.05, 3.63) is 42.1 Å². The fourth-order valence-corrected chi connectivity index (χ4v) is 3.84. The van der Waals surface area contributed by atoms with Crippen LogP contribution in [0.1, 0.15) is 5.56 Å². The normalized spacial score (nSPS) is 12.4. The summed E-state index contributed by atoms with van der Waals surface area (Å²) in [6.45, 7) is 0.703. The lowest BCUT2D eigenvalue weighted by Gasteiger charge is -2.17. The van der Waals surface area contributed by atoms with Crippen LogP contribution >= 0.6 is 0 Å². The summed E-state index contributed by atoms with van der Waals surface area (Å²) < 4.78 is 41.8. The maximum absolute atomic E-state index is 9.87. The number of hydrogen-bond donors (Lipinski definition) is 3. The molecule has 2 heterocycles. The molecule has 166 valence electrons. The third kappa shape index (κ3) is 4.82. The van der Waals surface area contributed by atoms with Crippen LogP contribution in [0.25, 0.3) is 22.0 Å². The van der Waals surface area contributed by atoms with Gasteiger partial charge in [0.25, 0.3) is 0 Å². The van der Waals surface area contributed by atoms with Crippen LogP contribution in [0.4, 0.5) is 0 Å². The van der Waals surface area contributed by atoms with Crippen molar-refractivity contribution in [3.63, 3.8) is 0 Å². The lowest BCUT2D eigenvalue weighted by molar-refractivity contribution is -0.686. The second kappa shape index (κ2) is 8.96. The van der Waals surface area contributed by atoms with E-state index in [-0.39, 0.29) is 18.0 Å². The van der Waals surface area contributed by atoms with Gasteiger partial charge in [0.05, 0.1) is 41.0 Å². The molecule has 0 bridgehead atoms. The van der Waals surface area contributed by atoms with Crippen molar-refractivity contribution in [1.82, 2.24) is 0 Å². The standard InChI is InChI=1S/C19H17NO4.C2H7NO3S/c1-23-18-4-3-11-7-15-13-9-17(22)16(21)8-12(13)5-6-20(15)10-14(11)19(18)24-2;3-1-2-7(4,5)6/h3-4,7-10,22H,5-6H2,1-2H3;1-3H2,(H,4,5,6). The number of fused-ring (bicyclic) bond motifs is 4. The second-order valence-electron chi connectivity index (χ2n) is 6.95. The SMILES string of the molecule is COc1ccc2cc3[n+](cc2c1OC)CCc1cc(O)c(O)cc1-3.NCCS(=O)(=O)[O-]. The first kappa shape index (κ1) is 22.6. The van der Waals surface area contributed by atoms with Gasteiger partial charge in [0.2, 0.25) is 5.69 Å². The highest BCUT2D eigenvalue weighted by atomic mass is 32.2. The van der Waals surface area contributed by atoms with Crippen LogP contribution in [-0.2, 0) is 23.1 Å². The lowest BCUT2D eigenvalue weighted by Crippen LogP contribution is -2.40. The molecule has 0 fully saturated rings. The molecule has 2 aromatic carbocycles. The van der Waals surface area contributed by atoms with E-state index in [4.69, 9.17) is 15.2 Å². The first-order valence-corrected chi connectivity index (χ1v) is 11.0. The number of aromatic nitrogens is 1. The van der Waals surface area contributed by atoms with Crippen molar-refractivity contribution < 1.29 is 37.2 Å². The van der Waals surface area contributed by atoms with E-state index < -0.39 is 15.9 Å². The molecule has 0 saturated carbocycles. The van der Waals surface area contributed by atoms with Gasteiger partial charge in [-0.3, -0.25) is 0 Å². The molecule has 9 nitrogen and oxygen atoms in total. The van der Waals surface area contributed by atoms with Crippen LogP contribution in [0.15, 0.2) is 36.5 Å². The summed E-state index contributed by atoms with van der Waals surface area (Å²) in [6, 6.07) is 9.23. The Balaban J connectivity index is 0.000000339. The quantitative estimate of drug-likeness (QED) is 0.307. The van der Waals surface area contributed by atoms with E-state index in [1.54, 1.807) is 26.4 Å². The van der Waals surface area contributed by atoms with Crippen LogP contribution in [0.2, 0.25) is 0 Å². The van der Waals surface area contributed by atoms with Gasteiger partial charge in [0.1, 0.15) is 0 Å². The minimum Gasteiger partial charge on any atom is -0.748 e. The Morgan fingerprint density at radius 2 is 1.84 bits per heavy atom. The number of hydrogen-bond acceptors (Lipinski definition) is 8. The number of nitrogens with zero attached hydrogens (tertiary/aromatic N) is 1. The van der Waals surface area contributed by atoms with Gasteiger partial charge >= 0.3 is 0 Å². The van der Waals surface area contributed by atoms with Gasteiger partial charge in [-0.15, -0.1) is 0 Å². The van der Waals surface area contributed by atoms with Gasteiger partial charge in [0, 0.05) is 19.0 Å². The zero-order valence-corrected chi connectivity index (χ0v) is 18.0. The Bertz CT molecular complexity index is 1230. The van der Waals surface area contributed by atoms with Crippen LogP contribution in [0.5, 0.6) is 23.0 Å². The summed E-state index contributed by atoms with van der Waals surface area (Å²) >= 11 is 0. The molecular formula is C21H24N2O7S. The van der Waals surface area contributed by atoms with E-state index in [9.17, 15) is 23.2 Å². The number of aryl methyl sites for hydroxylation is 2. The van der Waals surface area contributed by atoms with Crippen molar-refractivity contribution in [2.45, 2.75) is 13.0 Å². The molecule has 3 aromatic rings. The minimum atomic E-state index is -4.05. The molecule has 0 saturated heterocycles. The monoisotopic (exact) mass is 448 g/mol. The summed E-state index contributed by atoms with van der Waals surface area (Å²) in [7, 11) is -0.787. The van der Waals surface area contributed by atoms with E-state index in [0.717, 1.165) is 40.6 Å². The van der Waals surface area contributed by atoms with Crippen molar-refractivity contribution in [3.8, 4) is 34.3 Å². The molecule has 10 heteroatoms. The van der Waals surface area contributed by atoms with Crippen molar-refractivity contribution in [1.29, 1.82) is 0 Å². The maximum atomic E-state index is 9.87. The molecule has 0 amide bonds. The Labute approximate surface area is 180 Å². The van der Waals surface area contributed by atoms with E-state index >= 15 is 0 Å². The summed E-state index contributed by atoms with van der Waals surface area (Å²) in [5, 5.41) is 21.6. The van der Waals surface area contributed by atoms with E-state index in [0.29, 0.717) is 11.5 Å². The lowest BCUT2D eigenvalue weighted by atomic mass is 9.95. The second-order valence-corrected chi connectivity index (χ2v) is 8.48. The third-order valence-corrected chi connectivity index (χ3v) is 5.71. The van der Waals surface area contributed by atoms with Crippen molar-refractivity contribution in [2.75, 3.05) is 26.5 Å². The van der Waals surface area contributed by atoms with Gasteiger partial charge in [-0.2, -0.15) is 4.57 Å². The van der Waals surface area contributed by atoms with E-state index in [1.807, 2.05) is 12.1 Å². The number of aromatic hydroxyl groups is 2. The smallest absolute Gasteiger partial charge is 0.213 e. The number of rotatable bonds is 4. The summed E-state index contributed by atoms with van der Waals surface area (Å²) in [4.78, 5) is 0. The topological polar surface area (TPSA) is 146 Å². The van der Waals surface area contributed by atoms with Crippen molar-refractivity contribution in [2.24, 2.45) is 5.73 Å². The number of phenols is 2. The Morgan fingerprint density at radius 1 is 1.13 bits per heavy atom. The molecule has 31 heavy (non-hydrogen) atoms. The summed E-state index contributed by atoms with van der Waals surface area (Å²) in [5.74, 6) is 0.769. The first-order chi connectivity index (χ1) is 14.7. The number of methoxy groups -OCH3 is 2. The molecule has 1 aliphatic heterocycles. The first-order valence-electron chi connectivity index (χ1n) is 9.45. The fourth-order valence-electron chi connectivity index (χ4n) is 3.55. The number of benzene rings is 2. The molecule has 4 rings (SSSR count). The average Bonchev–Trinajstić information content (AvgIpc) is 2.72. The van der Waals surface area contributed by atoms with Crippen LogP contribution in [0, 0.1) is 0 Å². The molecule has 0 spiro atoms. The minimum absolute atomic E-state index is 0.0746. The summed E-state index contributed by atoms with van der Waals surface area (Å²) in [6.07, 6.45) is 2.84. The molecule has 4 N–H and O–H groups in total. The Kier molecular flexibility index (Phi) is 6.54. The third-order valence-electron chi connectivity index (χ3n) is 4.97. The number of nitrogens with two attached hydrogens (primary N) is 1. The predicted molar refractivity (Wildman–Crippen MR) is 113 cm³/mol. The van der Waals surface area contributed by atoms with Gasteiger partial charge in [-0.05, 0) is 35.2 Å². The molecule has 1 aromatic heterocycles. The fraction of sp³-hybridized carbons (Fsp3) is 0.286. The van der Waals surface area contributed by atoms with Gasteiger partial charge in [0.15, 0.2) is 35.7 Å². The molecule has 0 aliphatic carbocycles. The molecule has 0 atom stereocenters. The Hall–Kier alpha value is -3.08. The molecule has 1 aliphatic rings. The van der Waals surface area contributed by atoms with Gasteiger partial charge in [-0.25, -0.2) is 8.42 Å². The maximum Gasteiger partial charge on any atom is 0.213 e. The van der Waals surface area contributed by atoms with Crippen LogP contribution in [0.3, 0.4) is 0 Å². The zero-order valence-electron chi connectivity index (χ0n) is 17.2. The Morgan fingerprint density at radius 3 is 2.42 bits per heavy atom. The summed E-state index contributed by atoms with van der Waals surface area (Å²) in [5.41, 5.74) is 7.71. The highest BCUT2D eigenvalue weighted by Gasteiger charge is 2.26. The largest absolute Gasteiger partial charge is 0.748 e. The van der Waals surface area contributed by atoms with E-state index in [2.05, 4.69) is 16.8 Å². The van der Waals surface area contributed by atoms with Gasteiger partial charge in [-0.1, -0.05) is 0 Å². The van der Waals surface area contributed by atoms with E-state index in [1.165, 1.54) is 0 Å². The molecule has 0 radical (unpaired) electrons. The van der Waals surface area contributed by atoms with Crippen molar-refractivity contribution >= 4 is 20.9 Å². The molecular weight excluding hydrogens is 424 g/mol. The highest BCUT2D eigenvalue weighted by molar-refractivity contribution is 7.85. The zero-order chi connectivity index (χ0) is 22.8. The van der Waals surface area contributed by atoms with Crippen LogP contribution in [-0.4, -0.2) is 49.7 Å². The number of pyridine rings is 1. The highest BCUT2D eigenvalue weighted by Crippen LogP contribution is 2.39. The molecule has 0 unspecified atom stereocenters. The van der Waals surface area contributed by atoms with Crippen LogP contribution < -0.4 is 19.8 Å². The predicted octanol–water partition coefficient (Wildman–Crippen LogP) is 1.27. The number of ether oxygens (including phenoxy) is 2. The number of phenolic OH excluding ortho intramolecular Hbond substituents is 2. The average molecular weight is 448 g/mol.